The van der Waals surface area contributed by atoms with E-state index in [0.29, 0.717) is 0 Å². The van der Waals surface area contributed by atoms with E-state index in [1.165, 1.54) is 5.52 Å². The van der Waals surface area contributed by atoms with Gasteiger partial charge in [-0.2, -0.15) is 0 Å². The number of hydrogen-bond acceptors (Lipinski definition) is 5. The van der Waals surface area contributed by atoms with Crippen LogP contribution in [0.15, 0.2) is 53.9 Å². The second kappa shape index (κ2) is 7.92. The molecule has 3 heterocycles. The maximum absolute atomic E-state index is 4.64. The van der Waals surface area contributed by atoms with Crippen LogP contribution >= 0.6 is 11.8 Å². The van der Waals surface area contributed by atoms with Gasteiger partial charge in [-0.15, -0.1) is 10.2 Å². The van der Waals surface area contributed by atoms with Crippen molar-refractivity contribution in [2.45, 2.75) is 38.5 Å². The van der Waals surface area contributed by atoms with E-state index < -0.39 is 0 Å². The van der Waals surface area contributed by atoms with Crippen LogP contribution in [0, 0.1) is 6.92 Å². The van der Waals surface area contributed by atoms with Gasteiger partial charge in [0.1, 0.15) is 5.82 Å². The van der Waals surface area contributed by atoms with E-state index in [2.05, 4.69) is 61.3 Å². The first-order chi connectivity index (χ1) is 13.3. The molecule has 27 heavy (non-hydrogen) atoms. The highest BCUT2D eigenvalue weighted by Crippen LogP contribution is 2.25. The molecule has 4 aromatic rings. The van der Waals surface area contributed by atoms with Gasteiger partial charge in [0.25, 0.3) is 0 Å². The van der Waals surface area contributed by atoms with Crippen LogP contribution in [0.2, 0.25) is 0 Å². The Bertz CT molecular complexity index is 1040. The molecule has 6 nitrogen and oxygen atoms in total. The smallest absolute Gasteiger partial charge is 0.191 e. The summed E-state index contributed by atoms with van der Waals surface area (Å²) in [5.41, 5.74) is 3.28. The SMILES string of the molecule is CCCn1c(SCCn2c(C)nc3ccccc32)nnc1-c1ccncc1. The lowest BCUT2D eigenvalue weighted by Crippen LogP contribution is -2.05. The highest BCUT2D eigenvalue weighted by molar-refractivity contribution is 7.99. The lowest BCUT2D eigenvalue weighted by Gasteiger charge is -2.10. The van der Waals surface area contributed by atoms with Gasteiger partial charge in [0.2, 0.25) is 0 Å². The predicted molar refractivity (Wildman–Crippen MR) is 109 cm³/mol. The minimum absolute atomic E-state index is 0.889. The fourth-order valence-electron chi connectivity index (χ4n) is 3.24. The molecule has 138 valence electrons. The Labute approximate surface area is 162 Å². The molecule has 0 atom stereocenters. The number of thioether (sulfide) groups is 1. The third-order valence-electron chi connectivity index (χ3n) is 4.49. The zero-order chi connectivity index (χ0) is 18.6. The second-order valence-corrected chi connectivity index (χ2v) is 7.40. The molecule has 0 aliphatic rings. The van der Waals surface area contributed by atoms with Crippen molar-refractivity contribution in [3.63, 3.8) is 0 Å². The molecule has 1 aromatic carbocycles. The van der Waals surface area contributed by atoms with E-state index in [1.54, 1.807) is 24.2 Å². The van der Waals surface area contributed by atoms with Crippen LogP contribution in [0.1, 0.15) is 19.2 Å². The van der Waals surface area contributed by atoms with Gasteiger partial charge < -0.3 is 9.13 Å². The fraction of sp³-hybridized carbons (Fsp3) is 0.300. The van der Waals surface area contributed by atoms with Crippen molar-refractivity contribution in [3.05, 3.63) is 54.6 Å². The minimum Gasteiger partial charge on any atom is -0.327 e. The summed E-state index contributed by atoms with van der Waals surface area (Å²) < 4.78 is 4.48. The van der Waals surface area contributed by atoms with Crippen molar-refractivity contribution in [1.29, 1.82) is 0 Å². The number of aryl methyl sites for hydroxylation is 2. The molecule has 0 aliphatic heterocycles. The van der Waals surface area contributed by atoms with Gasteiger partial charge in [-0.25, -0.2) is 4.98 Å². The number of benzene rings is 1. The Kier molecular flexibility index (Phi) is 5.20. The molecule has 0 radical (unpaired) electrons. The first kappa shape index (κ1) is 17.7. The Balaban J connectivity index is 1.53. The molecular formula is C20H22N6S. The molecule has 0 aliphatic carbocycles. The maximum atomic E-state index is 4.64. The molecule has 0 saturated heterocycles. The molecule has 0 amide bonds. The molecule has 3 aromatic heterocycles. The highest BCUT2D eigenvalue weighted by Gasteiger charge is 2.14. The van der Waals surface area contributed by atoms with Gasteiger partial charge >= 0.3 is 0 Å². The molecular weight excluding hydrogens is 356 g/mol. The molecule has 0 spiro atoms. The lowest BCUT2D eigenvalue weighted by molar-refractivity contribution is 0.625. The first-order valence-electron chi connectivity index (χ1n) is 9.16. The average Bonchev–Trinajstić information content (AvgIpc) is 3.24. The topological polar surface area (TPSA) is 61.4 Å². The Morgan fingerprint density at radius 2 is 1.78 bits per heavy atom. The van der Waals surface area contributed by atoms with Gasteiger partial charge in [-0.3, -0.25) is 4.98 Å². The van der Waals surface area contributed by atoms with Gasteiger partial charge in [0.15, 0.2) is 11.0 Å². The number of hydrogen-bond donors (Lipinski definition) is 0. The van der Waals surface area contributed by atoms with Crippen molar-refractivity contribution in [2.24, 2.45) is 0 Å². The van der Waals surface area contributed by atoms with Gasteiger partial charge in [0, 0.05) is 36.8 Å². The zero-order valence-corrected chi connectivity index (χ0v) is 16.4. The van der Waals surface area contributed by atoms with E-state index >= 15 is 0 Å². The summed E-state index contributed by atoms with van der Waals surface area (Å²) in [6.45, 7) is 6.03. The molecule has 4 rings (SSSR count). The van der Waals surface area contributed by atoms with E-state index in [0.717, 1.165) is 53.1 Å². The summed E-state index contributed by atoms with van der Waals surface area (Å²) in [5, 5.41) is 9.84. The molecule has 0 N–H and O–H groups in total. The number of para-hydroxylation sites is 2. The van der Waals surface area contributed by atoms with Crippen LogP contribution in [0.25, 0.3) is 22.4 Å². The van der Waals surface area contributed by atoms with Crippen LogP contribution in [0.4, 0.5) is 0 Å². The minimum atomic E-state index is 0.889. The molecule has 7 heteroatoms. The summed E-state index contributed by atoms with van der Waals surface area (Å²) in [7, 11) is 0. The first-order valence-corrected chi connectivity index (χ1v) is 10.1. The molecule has 0 bridgehead atoms. The summed E-state index contributed by atoms with van der Waals surface area (Å²) in [6.07, 6.45) is 4.62. The summed E-state index contributed by atoms with van der Waals surface area (Å²) in [4.78, 5) is 8.74. The van der Waals surface area contributed by atoms with Crippen molar-refractivity contribution in [2.75, 3.05) is 5.75 Å². The zero-order valence-electron chi connectivity index (χ0n) is 15.5. The van der Waals surface area contributed by atoms with Crippen LogP contribution in [-0.2, 0) is 13.1 Å². The number of fused-ring (bicyclic) bond motifs is 1. The van der Waals surface area contributed by atoms with Crippen LogP contribution in [0.3, 0.4) is 0 Å². The molecule has 0 fully saturated rings. The number of pyridine rings is 1. The Morgan fingerprint density at radius 3 is 2.59 bits per heavy atom. The largest absolute Gasteiger partial charge is 0.327 e. The highest BCUT2D eigenvalue weighted by atomic mass is 32.2. The Morgan fingerprint density at radius 1 is 0.963 bits per heavy atom. The third kappa shape index (κ3) is 3.60. The molecule has 0 unspecified atom stereocenters. The number of nitrogens with zero attached hydrogens (tertiary/aromatic N) is 6. The summed E-state index contributed by atoms with van der Waals surface area (Å²) in [5.74, 6) is 2.87. The van der Waals surface area contributed by atoms with Gasteiger partial charge in [-0.05, 0) is 37.6 Å². The average molecular weight is 379 g/mol. The predicted octanol–water partition coefficient (Wildman–Crippen LogP) is 4.20. The van der Waals surface area contributed by atoms with Crippen LogP contribution < -0.4 is 0 Å². The lowest BCUT2D eigenvalue weighted by atomic mass is 10.2. The van der Waals surface area contributed by atoms with E-state index in [1.807, 2.05) is 18.2 Å². The quantitative estimate of drug-likeness (QED) is 0.451. The van der Waals surface area contributed by atoms with Gasteiger partial charge in [-0.1, -0.05) is 30.8 Å². The van der Waals surface area contributed by atoms with E-state index in [9.17, 15) is 0 Å². The number of rotatable bonds is 7. The fourth-order valence-corrected chi connectivity index (χ4v) is 4.13. The van der Waals surface area contributed by atoms with E-state index in [-0.39, 0.29) is 0 Å². The number of imidazole rings is 1. The second-order valence-electron chi connectivity index (χ2n) is 6.34. The monoisotopic (exact) mass is 378 g/mol. The maximum Gasteiger partial charge on any atom is 0.191 e. The number of aromatic nitrogens is 6. The van der Waals surface area contributed by atoms with E-state index in [4.69, 9.17) is 0 Å². The standard InChI is InChI=1S/C20H22N6S/c1-3-12-26-19(16-8-10-21-11-9-16)23-24-20(26)27-14-13-25-15(2)22-17-6-4-5-7-18(17)25/h4-11H,3,12-14H2,1-2H3. The Hall–Kier alpha value is -2.67. The third-order valence-corrected chi connectivity index (χ3v) is 5.44. The van der Waals surface area contributed by atoms with Crippen LogP contribution in [-0.4, -0.2) is 35.1 Å². The molecule has 0 saturated carbocycles. The van der Waals surface area contributed by atoms with Crippen molar-refractivity contribution in [3.8, 4) is 11.4 Å². The summed E-state index contributed by atoms with van der Waals surface area (Å²) in [6, 6.07) is 12.2. The van der Waals surface area contributed by atoms with Crippen molar-refractivity contribution in [1.82, 2.24) is 29.3 Å². The van der Waals surface area contributed by atoms with Gasteiger partial charge in [0.05, 0.1) is 11.0 Å². The summed E-state index contributed by atoms with van der Waals surface area (Å²) >= 11 is 1.74. The van der Waals surface area contributed by atoms with Crippen molar-refractivity contribution < 1.29 is 0 Å². The normalized spacial score (nSPS) is 11.3. The van der Waals surface area contributed by atoms with Crippen LogP contribution in [0.5, 0.6) is 0 Å². The van der Waals surface area contributed by atoms with Crippen molar-refractivity contribution >= 4 is 22.8 Å².